The molecule has 0 heterocycles. The molecule has 0 aromatic heterocycles. The smallest absolute Gasteiger partial charge is 0.330 e. The second kappa shape index (κ2) is 6.62. The Morgan fingerprint density at radius 1 is 1.33 bits per heavy atom. The Balaban J connectivity index is 2.01. The lowest BCUT2D eigenvalue weighted by molar-refractivity contribution is -0.132. The fourth-order valence-corrected chi connectivity index (χ4v) is 2.02. The van der Waals surface area contributed by atoms with E-state index in [2.05, 4.69) is 11.9 Å². The van der Waals surface area contributed by atoms with Crippen molar-refractivity contribution in [3.63, 3.8) is 0 Å². The van der Waals surface area contributed by atoms with E-state index >= 15 is 0 Å². The molecule has 1 saturated carbocycles. The second-order valence-corrected chi connectivity index (χ2v) is 4.30. The topological polar surface area (TPSA) is 49.3 Å². The van der Waals surface area contributed by atoms with Crippen molar-refractivity contribution in [3.8, 4) is 0 Å². The predicted molar refractivity (Wildman–Crippen MR) is 60.9 cm³/mol. The first-order valence-electron chi connectivity index (χ1n) is 5.84. The van der Waals surface area contributed by atoms with E-state index in [1.165, 1.54) is 32.1 Å². The molecule has 0 bridgehead atoms. The summed E-state index contributed by atoms with van der Waals surface area (Å²) in [6, 6.07) is 0.664. The maximum Gasteiger partial charge on any atom is 0.330 e. The van der Waals surface area contributed by atoms with Gasteiger partial charge in [0.25, 0.3) is 0 Å². The van der Waals surface area contributed by atoms with Gasteiger partial charge in [0.1, 0.15) is 0 Å². The van der Waals surface area contributed by atoms with Crippen molar-refractivity contribution < 1.29 is 9.90 Å². The van der Waals surface area contributed by atoms with Crippen molar-refractivity contribution >= 4 is 5.97 Å². The van der Waals surface area contributed by atoms with Crippen LogP contribution in [-0.2, 0) is 4.79 Å². The molecule has 3 nitrogen and oxygen atoms in total. The Labute approximate surface area is 91.6 Å². The van der Waals surface area contributed by atoms with Gasteiger partial charge in [-0.2, -0.15) is 0 Å². The zero-order chi connectivity index (χ0) is 11.1. The van der Waals surface area contributed by atoms with Gasteiger partial charge in [-0.3, -0.25) is 0 Å². The minimum Gasteiger partial charge on any atom is -0.478 e. The van der Waals surface area contributed by atoms with Crippen LogP contribution in [0.4, 0.5) is 0 Å². The number of aliphatic carboxylic acids is 1. The summed E-state index contributed by atoms with van der Waals surface area (Å²) in [6.45, 7) is 4.42. The van der Waals surface area contributed by atoms with Gasteiger partial charge in [0.15, 0.2) is 0 Å². The molecular formula is C12H21NO2. The van der Waals surface area contributed by atoms with Gasteiger partial charge in [-0.05, 0) is 32.2 Å². The average Bonchev–Trinajstić information content (AvgIpc) is 2.25. The van der Waals surface area contributed by atoms with Crippen LogP contribution in [0, 0.1) is 0 Å². The summed E-state index contributed by atoms with van der Waals surface area (Å²) in [7, 11) is 0. The lowest BCUT2D eigenvalue weighted by Crippen LogP contribution is -2.31. The molecule has 1 aliphatic rings. The highest BCUT2D eigenvalue weighted by molar-refractivity contribution is 5.85. The molecular weight excluding hydrogens is 190 g/mol. The number of rotatable bonds is 6. The molecule has 0 aliphatic heterocycles. The van der Waals surface area contributed by atoms with Crippen LogP contribution < -0.4 is 5.32 Å². The summed E-state index contributed by atoms with van der Waals surface area (Å²) in [4.78, 5) is 10.5. The zero-order valence-electron chi connectivity index (χ0n) is 9.30. The Morgan fingerprint density at radius 3 is 2.60 bits per heavy atom. The van der Waals surface area contributed by atoms with Crippen molar-refractivity contribution in [2.75, 3.05) is 6.54 Å². The van der Waals surface area contributed by atoms with Crippen LogP contribution in [0.2, 0.25) is 0 Å². The van der Waals surface area contributed by atoms with Crippen molar-refractivity contribution in [2.24, 2.45) is 0 Å². The molecule has 0 saturated heterocycles. The number of carboxylic acids is 1. The van der Waals surface area contributed by atoms with Crippen LogP contribution in [0.3, 0.4) is 0 Å². The van der Waals surface area contributed by atoms with Crippen LogP contribution in [0.25, 0.3) is 0 Å². The molecule has 0 aromatic rings. The van der Waals surface area contributed by atoms with Crippen LogP contribution in [0.15, 0.2) is 12.2 Å². The van der Waals surface area contributed by atoms with Crippen molar-refractivity contribution in [3.05, 3.63) is 12.2 Å². The molecule has 1 aliphatic carbocycles. The summed E-state index contributed by atoms with van der Waals surface area (Å²) in [5.41, 5.74) is 0.320. The molecule has 0 unspecified atom stereocenters. The summed E-state index contributed by atoms with van der Waals surface area (Å²) < 4.78 is 0. The highest BCUT2D eigenvalue weighted by atomic mass is 16.4. The van der Waals surface area contributed by atoms with Crippen LogP contribution >= 0.6 is 0 Å². The predicted octanol–water partition coefficient (Wildman–Crippen LogP) is 2.33. The van der Waals surface area contributed by atoms with E-state index in [4.69, 9.17) is 5.11 Å². The van der Waals surface area contributed by atoms with Gasteiger partial charge >= 0.3 is 5.97 Å². The maximum absolute atomic E-state index is 10.5. The molecule has 15 heavy (non-hydrogen) atoms. The molecule has 0 spiro atoms. The van der Waals surface area contributed by atoms with Crippen molar-refractivity contribution in [1.29, 1.82) is 0 Å². The van der Waals surface area contributed by atoms with E-state index in [9.17, 15) is 4.79 Å². The van der Waals surface area contributed by atoms with Gasteiger partial charge in [-0.25, -0.2) is 4.79 Å². The minimum absolute atomic E-state index is 0.320. The van der Waals surface area contributed by atoms with Gasteiger partial charge < -0.3 is 10.4 Å². The SMILES string of the molecule is C=C(CCCNC1CCCCC1)C(=O)O. The quantitative estimate of drug-likeness (QED) is 0.523. The number of hydrogen-bond acceptors (Lipinski definition) is 2. The number of nitrogens with one attached hydrogen (secondary N) is 1. The highest BCUT2D eigenvalue weighted by Crippen LogP contribution is 2.17. The summed E-state index contributed by atoms with van der Waals surface area (Å²) >= 11 is 0. The lowest BCUT2D eigenvalue weighted by atomic mass is 9.95. The standard InChI is InChI=1S/C12H21NO2/c1-10(12(14)15)6-5-9-13-11-7-3-2-4-8-11/h11,13H,1-9H2,(H,14,15). The number of carboxylic acid groups (broad SMARTS) is 1. The Bertz CT molecular complexity index is 220. The van der Waals surface area contributed by atoms with E-state index in [1.54, 1.807) is 0 Å². The third kappa shape index (κ3) is 4.98. The van der Waals surface area contributed by atoms with Gasteiger partial charge in [0.2, 0.25) is 0 Å². The van der Waals surface area contributed by atoms with E-state index in [0.29, 0.717) is 18.0 Å². The Morgan fingerprint density at radius 2 is 2.00 bits per heavy atom. The number of carbonyl (C=O) groups is 1. The summed E-state index contributed by atoms with van der Waals surface area (Å²) in [5.74, 6) is -0.868. The molecule has 1 fully saturated rings. The van der Waals surface area contributed by atoms with E-state index in [1.807, 2.05) is 0 Å². The van der Waals surface area contributed by atoms with E-state index in [0.717, 1.165) is 13.0 Å². The fourth-order valence-electron chi connectivity index (χ4n) is 2.02. The normalized spacial score (nSPS) is 17.6. The van der Waals surface area contributed by atoms with E-state index < -0.39 is 5.97 Å². The van der Waals surface area contributed by atoms with Crippen LogP contribution in [0.5, 0.6) is 0 Å². The molecule has 86 valence electrons. The van der Waals surface area contributed by atoms with Crippen molar-refractivity contribution in [2.45, 2.75) is 51.0 Å². The largest absolute Gasteiger partial charge is 0.478 e. The maximum atomic E-state index is 10.5. The third-order valence-corrected chi connectivity index (χ3v) is 3.00. The monoisotopic (exact) mass is 211 g/mol. The van der Waals surface area contributed by atoms with E-state index in [-0.39, 0.29) is 0 Å². The third-order valence-electron chi connectivity index (χ3n) is 3.00. The Hall–Kier alpha value is -0.830. The first-order valence-corrected chi connectivity index (χ1v) is 5.84. The highest BCUT2D eigenvalue weighted by Gasteiger charge is 2.12. The van der Waals surface area contributed by atoms with Crippen LogP contribution in [0.1, 0.15) is 44.9 Å². The van der Waals surface area contributed by atoms with Crippen LogP contribution in [-0.4, -0.2) is 23.7 Å². The molecule has 1 rings (SSSR count). The number of hydrogen-bond donors (Lipinski definition) is 2. The fraction of sp³-hybridized carbons (Fsp3) is 0.750. The molecule has 0 amide bonds. The van der Waals surface area contributed by atoms with Gasteiger partial charge in [0.05, 0.1) is 0 Å². The summed E-state index contributed by atoms with van der Waals surface area (Å²) in [6.07, 6.45) is 8.06. The average molecular weight is 211 g/mol. The van der Waals surface area contributed by atoms with Crippen molar-refractivity contribution in [1.82, 2.24) is 5.32 Å². The Kier molecular flexibility index (Phi) is 5.40. The summed E-state index contributed by atoms with van der Waals surface area (Å²) in [5, 5.41) is 12.1. The first kappa shape index (κ1) is 12.2. The van der Waals surface area contributed by atoms with Gasteiger partial charge in [-0.15, -0.1) is 0 Å². The molecule has 0 atom stereocenters. The van der Waals surface area contributed by atoms with Gasteiger partial charge in [-0.1, -0.05) is 25.8 Å². The lowest BCUT2D eigenvalue weighted by Gasteiger charge is -2.22. The minimum atomic E-state index is -0.868. The van der Waals surface area contributed by atoms with Gasteiger partial charge in [0, 0.05) is 11.6 Å². The molecule has 2 N–H and O–H groups in total. The second-order valence-electron chi connectivity index (χ2n) is 4.30. The molecule has 0 radical (unpaired) electrons. The first-order chi connectivity index (χ1) is 7.20. The zero-order valence-corrected chi connectivity index (χ0v) is 9.30. The molecule has 3 heteroatoms. The molecule has 0 aromatic carbocycles.